The van der Waals surface area contributed by atoms with Gasteiger partial charge in [-0.25, -0.2) is 0 Å². The predicted molar refractivity (Wildman–Crippen MR) is 82.6 cm³/mol. The van der Waals surface area contributed by atoms with E-state index in [9.17, 15) is 9.90 Å². The highest BCUT2D eigenvalue weighted by atomic mass is 16.3. The molecule has 0 bridgehead atoms. The third-order valence-corrected chi connectivity index (χ3v) is 3.64. The van der Waals surface area contributed by atoms with Gasteiger partial charge in [-0.3, -0.25) is 4.79 Å². The highest BCUT2D eigenvalue weighted by molar-refractivity contribution is 5.84. The monoisotopic (exact) mass is 277 g/mol. The molecule has 1 aromatic rings. The van der Waals surface area contributed by atoms with E-state index in [4.69, 9.17) is 0 Å². The number of hydrogen-bond donors (Lipinski definition) is 1. The summed E-state index contributed by atoms with van der Waals surface area (Å²) >= 11 is 0. The lowest BCUT2D eigenvalue weighted by Crippen LogP contribution is -2.42. The highest BCUT2D eigenvalue weighted by Crippen LogP contribution is 2.29. The summed E-state index contributed by atoms with van der Waals surface area (Å²) in [4.78, 5) is 14.4. The molecule has 20 heavy (non-hydrogen) atoms. The molecular formula is C17H27NO2. The van der Waals surface area contributed by atoms with E-state index in [1.165, 1.54) is 0 Å². The number of carbonyl (C=O) groups is 1. The van der Waals surface area contributed by atoms with Gasteiger partial charge in [-0.2, -0.15) is 0 Å². The Balaban J connectivity index is 2.97. The van der Waals surface area contributed by atoms with Crippen molar-refractivity contribution in [3.05, 3.63) is 35.9 Å². The highest BCUT2D eigenvalue weighted by Gasteiger charge is 2.30. The summed E-state index contributed by atoms with van der Waals surface area (Å²) in [6.45, 7) is 7.98. The molecule has 0 heterocycles. The summed E-state index contributed by atoms with van der Waals surface area (Å²) in [6, 6.07) is 9.91. The first kappa shape index (κ1) is 16.7. The van der Waals surface area contributed by atoms with Crippen LogP contribution in [0.25, 0.3) is 0 Å². The second-order valence-corrected chi connectivity index (χ2v) is 6.28. The molecule has 2 atom stereocenters. The Morgan fingerprint density at radius 1 is 1.30 bits per heavy atom. The van der Waals surface area contributed by atoms with Crippen LogP contribution in [-0.2, 0) is 4.79 Å². The number of aliphatic hydroxyl groups is 1. The quantitative estimate of drug-likeness (QED) is 0.868. The average molecular weight is 277 g/mol. The van der Waals surface area contributed by atoms with Gasteiger partial charge in [0.2, 0.25) is 5.91 Å². The van der Waals surface area contributed by atoms with Gasteiger partial charge in [0.05, 0.1) is 11.5 Å². The molecule has 0 aliphatic heterocycles. The molecule has 3 nitrogen and oxygen atoms in total. The van der Waals surface area contributed by atoms with Crippen molar-refractivity contribution in [2.24, 2.45) is 5.92 Å². The van der Waals surface area contributed by atoms with Gasteiger partial charge in [0.25, 0.3) is 0 Å². The molecule has 0 aromatic heterocycles. The van der Waals surface area contributed by atoms with Crippen LogP contribution < -0.4 is 0 Å². The van der Waals surface area contributed by atoms with E-state index < -0.39 is 5.60 Å². The van der Waals surface area contributed by atoms with Gasteiger partial charge in [-0.15, -0.1) is 0 Å². The fourth-order valence-corrected chi connectivity index (χ4v) is 2.51. The standard InChI is InChI=1S/C17H27NO2/c1-6-13(2)15(14-10-8-7-9-11-14)16(19)18(5)12-17(3,4)20/h7-11,13,15,20H,6,12H2,1-5H3. The molecule has 0 saturated carbocycles. The third-order valence-electron chi connectivity index (χ3n) is 3.64. The van der Waals surface area contributed by atoms with Gasteiger partial charge in [0.15, 0.2) is 0 Å². The molecule has 112 valence electrons. The maximum absolute atomic E-state index is 12.7. The summed E-state index contributed by atoms with van der Waals surface area (Å²) in [6.07, 6.45) is 0.946. The van der Waals surface area contributed by atoms with Gasteiger partial charge < -0.3 is 10.0 Å². The van der Waals surface area contributed by atoms with Crippen LogP contribution in [0.1, 0.15) is 45.6 Å². The first-order valence-electron chi connectivity index (χ1n) is 7.28. The lowest BCUT2D eigenvalue weighted by atomic mass is 9.84. The zero-order valence-corrected chi connectivity index (χ0v) is 13.3. The van der Waals surface area contributed by atoms with Crippen LogP contribution in [0.4, 0.5) is 0 Å². The number of nitrogens with zero attached hydrogens (tertiary/aromatic N) is 1. The van der Waals surface area contributed by atoms with Crippen molar-refractivity contribution in [3.8, 4) is 0 Å². The van der Waals surface area contributed by atoms with Crippen molar-refractivity contribution < 1.29 is 9.90 Å². The fourth-order valence-electron chi connectivity index (χ4n) is 2.51. The van der Waals surface area contributed by atoms with Crippen molar-refractivity contribution in [2.45, 2.75) is 45.6 Å². The molecule has 1 rings (SSSR count). The van der Waals surface area contributed by atoms with Crippen LogP contribution in [0.2, 0.25) is 0 Å². The molecule has 0 fully saturated rings. The van der Waals surface area contributed by atoms with Crippen LogP contribution in [0.3, 0.4) is 0 Å². The minimum atomic E-state index is -0.874. The van der Waals surface area contributed by atoms with Gasteiger partial charge >= 0.3 is 0 Å². The maximum atomic E-state index is 12.7. The zero-order valence-electron chi connectivity index (χ0n) is 13.3. The Hall–Kier alpha value is -1.35. The normalized spacial score (nSPS) is 14.7. The van der Waals surface area contributed by atoms with Crippen LogP contribution in [0.15, 0.2) is 30.3 Å². The average Bonchev–Trinajstić information content (AvgIpc) is 2.37. The molecule has 0 radical (unpaired) electrons. The molecule has 0 aliphatic carbocycles. The Morgan fingerprint density at radius 3 is 2.30 bits per heavy atom. The number of rotatable bonds is 6. The van der Waals surface area contributed by atoms with E-state index in [0.29, 0.717) is 6.54 Å². The predicted octanol–water partition coefficient (Wildman–Crippen LogP) is 3.05. The summed E-state index contributed by atoms with van der Waals surface area (Å²) < 4.78 is 0. The van der Waals surface area contributed by atoms with Crippen LogP contribution >= 0.6 is 0 Å². The second kappa shape index (κ2) is 6.89. The summed E-state index contributed by atoms with van der Waals surface area (Å²) in [7, 11) is 1.76. The van der Waals surface area contributed by atoms with Gasteiger partial charge in [0.1, 0.15) is 0 Å². The zero-order chi connectivity index (χ0) is 15.3. The number of likely N-dealkylation sites (N-methyl/N-ethyl adjacent to an activating group) is 1. The van der Waals surface area contributed by atoms with Gasteiger partial charge in [-0.1, -0.05) is 50.6 Å². The molecule has 2 unspecified atom stereocenters. The second-order valence-electron chi connectivity index (χ2n) is 6.28. The van der Waals surface area contributed by atoms with Crippen molar-refractivity contribution in [3.63, 3.8) is 0 Å². The Morgan fingerprint density at radius 2 is 1.85 bits per heavy atom. The SMILES string of the molecule is CCC(C)C(C(=O)N(C)CC(C)(C)O)c1ccccc1. The largest absolute Gasteiger partial charge is 0.389 e. The molecule has 1 amide bonds. The van der Waals surface area contributed by atoms with E-state index in [2.05, 4.69) is 13.8 Å². The van der Waals surface area contributed by atoms with Gasteiger partial charge in [0, 0.05) is 13.6 Å². The third kappa shape index (κ3) is 4.64. The van der Waals surface area contributed by atoms with Crippen LogP contribution in [0.5, 0.6) is 0 Å². The maximum Gasteiger partial charge on any atom is 0.230 e. The van der Waals surface area contributed by atoms with Gasteiger partial charge in [-0.05, 0) is 25.3 Å². The number of amides is 1. The van der Waals surface area contributed by atoms with E-state index in [1.807, 2.05) is 30.3 Å². The number of hydrogen-bond acceptors (Lipinski definition) is 2. The Bertz CT molecular complexity index is 422. The molecule has 1 aromatic carbocycles. The Kier molecular flexibility index (Phi) is 5.75. The molecule has 0 spiro atoms. The van der Waals surface area contributed by atoms with Crippen molar-refractivity contribution >= 4 is 5.91 Å². The molecule has 1 N–H and O–H groups in total. The van der Waals surface area contributed by atoms with E-state index in [1.54, 1.807) is 25.8 Å². The lowest BCUT2D eigenvalue weighted by Gasteiger charge is -2.31. The van der Waals surface area contributed by atoms with Crippen LogP contribution in [0, 0.1) is 5.92 Å². The van der Waals surface area contributed by atoms with E-state index in [-0.39, 0.29) is 17.7 Å². The number of carbonyl (C=O) groups excluding carboxylic acids is 1. The minimum absolute atomic E-state index is 0.0766. The molecular weight excluding hydrogens is 250 g/mol. The molecule has 3 heteroatoms. The molecule has 0 saturated heterocycles. The van der Waals surface area contributed by atoms with Crippen molar-refractivity contribution in [2.75, 3.05) is 13.6 Å². The van der Waals surface area contributed by atoms with Crippen LogP contribution in [-0.4, -0.2) is 35.1 Å². The lowest BCUT2D eigenvalue weighted by molar-refractivity contribution is -0.135. The van der Waals surface area contributed by atoms with Crippen molar-refractivity contribution in [1.29, 1.82) is 0 Å². The first-order valence-corrected chi connectivity index (χ1v) is 7.28. The summed E-state index contributed by atoms with van der Waals surface area (Å²) in [5.41, 5.74) is 0.177. The summed E-state index contributed by atoms with van der Waals surface area (Å²) in [5, 5.41) is 9.89. The molecule has 0 aliphatic rings. The minimum Gasteiger partial charge on any atom is -0.389 e. The van der Waals surface area contributed by atoms with E-state index in [0.717, 1.165) is 12.0 Å². The topological polar surface area (TPSA) is 40.5 Å². The first-order chi connectivity index (χ1) is 9.26. The smallest absolute Gasteiger partial charge is 0.230 e. The van der Waals surface area contributed by atoms with Crippen molar-refractivity contribution in [1.82, 2.24) is 4.90 Å². The number of benzene rings is 1. The van der Waals surface area contributed by atoms with E-state index >= 15 is 0 Å². The Labute approximate surface area is 122 Å². The summed E-state index contributed by atoms with van der Waals surface area (Å²) in [5.74, 6) is 0.204. The fraction of sp³-hybridized carbons (Fsp3) is 0.588.